The van der Waals surface area contributed by atoms with Crippen molar-refractivity contribution >= 4 is 21.6 Å². The second-order valence-corrected chi connectivity index (χ2v) is 6.29. The number of amides is 1. The van der Waals surface area contributed by atoms with Crippen molar-refractivity contribution in [2.24, 2.45) is 5.14 Å². The minimum absolute atomic E-state index is 0.0288. The number of sulfonamides is 1. The van der Waals surface area contributed by atoms with E-state index in [1.165, 1.54) is 18.2 Å². The van der Waals surface area contributed by atoms with E-state index in [0.29, 0.717) is 11.3 Å². The molecule has 2 aromatic carbocycles. The van der Waals surface area contributed by atoms with Gasteiger partial charge in [-0.1, -0.05) is 30.3 Å². The summed E-state index contributed by atoms with van der Waals surface area (Å²) >= 11 is 0. The Labute approximate surface area is 123 Å². The number of carbonyl (C=O) groups is 1. The first-order chi connectivity index (χ1) is 9.86. The molecule has 0 fully saturated rings. The molecule has 0 aromatic heterocycles. The van der Waals surface area contributed by atoms with Gasteiger partial charge in [-0.25, -0.2) is 13.6 Å². The highest BCUT2D eigenvalue weighted by atomic mass is 32.2. The summed E-state index contributed by atoms with van der Waals surface area (Å²) in [5.74, 6) is -0.160. The number of hydrogen-bond donors (Lipinski definition) is 2. The average Bonchev–Trinajstić information content (AvgIpc) is 2.41. The van der Waals surface area contributed by atoms with Gasteiger partial charge in [-0.15, -0.1) is 0 Å². The zero-order valence-corrected chi connectivity index (χ0v) is 12.4. The van der Waals surface area contributed by atoms with E-state index in [0.717, 1.165) is 5.56 Å². The molecule has 0 radical (unpaired) electrons. The van der Waals surface area contributed by atoms with E-state index in [1.54, 1.807) is 6.92 Å². The predicted octanol–water partition coefficient (Wildman–Crippen LogP) is 1.82. The number of primary sulfonamides is 1. The van der Waals surface area contributed by atoms with Gasteiger partial charge in [-0.2, -0.15) is 0 Å². The molecule has 110 valence electrons. The Bertz CT molecular complexity index is 756. The third kappa shape index (κ3) is 4.14. The van der Waals surface area contributed by atoms with Crippen LogP contribution in [0.4, 0.5) is 5.69 Å². The number of nitrogens with one attached hydrogen (secondary N) is 1. The van der Waals surface area contributed by atoms with Gasteiger partial charge >= 0.3 is 0 Å². The topological polar surface area (TPSA) is 89.3 Å². The Morgan fingerprint density at radius 3 is 2.38 bits per heavy atom. The number of carbonyl (C=O) groups excluding carboxylic acids is 1. The van der Waals surface area contributed by atoms with Crippen molar-refractivity contribution in [3.8, 4) is 0 Å². The summed E-state index contributed by atoms with van der Waals surface area (Å²) in [7, 11) is -3.73. The highest BCUT2D eigenvalue weighted by Gasteiger charge is 2.11. The van der Waals surface area contributed by atoms with Gasteiger partial charge in [0.2, 0.25) is 15.9 Å². The third-order valence-corrected chi connectivity index (χ3v) is 3.92. The van der Waals surface area contributed by atoms with E-state index < -0.39 is 10.0 Å². The predicted molar refractivity (Wildman–Crippen MR) is 81.3 cm³/mol. The number of rotatable bonds is 4. The van der Waals surface area contributed by atoms with Crippen LogP contribution in [0.3, 0.4) is 0 Å². The van der Waals surface area contributed by atoms with Gasteiger partial charge in [-0.05, 0) is 36.2 Å². The van der Waals surface area contributed by atoms with Gasteiger partial charge < -0.3 is 5.32 Å². The van der Waals surface area contributed by atoms with Gasteiger partial charge in [-0.3, -0.25) is 4.79 Å². The van der Waals surface area contributed by atoms with Crippen molar-refractivity contribution < 1.29 is 13.2 Å². The zero-order chi connectivity index (χ0) is 15.5. The molecule has 2 aromatic rings. The summed E-state index contributed by atoms with van der Waals surface area (Å²) < 4.78 is 22.5. The number of hydrogen-bond acceptors (Lipinski definition) is 3. The second kappa shape index (κ2) is 6.07. The van der Waals surface area contributed by atoms with Crippen LogP contribution >= 0.6 is 0 Å². The third-order valence-electron chi connectivity index (χ3n) is 3.01. The lowest BCUT2D eigenvalue weighted by atomic mass is 10.1. The maximum atomic E-state index is 12.0. The maximum Gasteiger partial charge on any atom is 0.238 e. The normalized spacial score (nSPS) is 11.1. The van der Waals surface area contributed by atoms with E-state index >= 15 is 0 Å². The Hall–Kier alpha value is -2.18. The van der Waals surface area contributed by atoms with Gasteiger partial charge in [0.1, 0.15) is 0 Å². The molecule has 1 amide bonds. The molecule has 0 atom stereocenters. The highest BCUT2D eigenvalue weighted by molar-refractivity contribution is 7.89. The van der Waals surface area contributed by atoms with Crippen LogP contribution in [0.5, 0.6) is 0 Å². The van der Waals surface area contributed by atoms with Crippen molar-refractivity contribution in [2.75, 3.05) is 5.32 Å². The van der Waals surface area contributed by atoms with Crippen LogP contribution < -0.4 is 10.5 Å². The standard InChI is InChI=1S/C15H16N2O3S/c1-11-9-13(21(16,19)20)7-8-14(11)17-15(18)10-12-5-3-2-4-6-12/h2-9H,10H2,1H3,(H,17,18)(H2,16,19,20). The molecule has 0 unspecified atom stereocenters. The van der Waals surface area contributed by atoms with E-state index in [2.05, 4.69) is 5.32 Å². The van der Waals surface area contributed by atoms with Crippen molar-refractivity contribution in [3.05, 3.63) is 59.7 Å². The molecule has 3 N–H and O–H groups in total. The van der Waals surface area contributed by atoms with Crippen LogP contribution in [0.25, 0.3) is 0 Å². The second-order valence-electron chi connectivity index (χ2n) is 4.73. The monoisotopic (exact) mass is 304 g/mol. The fraction of sp³-hybridized carbons (Fsp3) is 0.133. The number of nitrogens with two attached hydrogens (primary N) is 1. The lowest BCUT2D eigenvalue weighted by molar-refractivity contribution is -0.115. The van der Waals surface area contributed by atoms with Crippen LogP contribution in [0, 0.1) is 6.92 Å². The van der Waals surface area contributed by atoms with Gasteiger partial charge in [0.05, 0.1) is 11.3 Å². The lowest BCUT2D eigenvalue weighted by Crippen LogP contribution is -2.16. The quantitative estimate of drug-likeness (QED) is 0.903. The first-order valence-electron chi connectivity index (χ1n) is 6.33. The van der Waals surface area contributed by atoms with Crippen LogP contribution in [0.2, 0.25) is 0 Å². The molecule has 0 saturated carbocycles. The summed E-state index contributed by atoms with van der Waals surface area (Å²) in [6.45, 7) is 1.72. The minimum atomic E-state index is -3.73. The fourth-order valence-electron chi connectivity index (χ4n) is 1.93. The van der Waals surface area contributed by atoms with E-state index in [1.807, 2.05) is 30.3 Å². The summed E-state index contributed by atoms with van der Waals surface area (Å²) in [6.07, 6.45) is 0.261. The smallest absolute Gasteiger partial charge is 0.238 e. The van der Waals surface area contributed by atoms with Gasteiger partial charge in [0, 0.05) is 5.69 Å². The summed E-state index contributed by atoms with van der Waals surface area (Å²) in [4.78, 5) is 12.0. The summed E-state index contributed by atoms with van der Waals surface area (Å²) in [6, 6.07) is 13.7. The molecule has 21 heavy (non-hydrogen) atoms. The number of anilines is 1. The van der Waals surface area contributed by atoms with Crippen molar-refractivity contribution in [2.45, 2.75) is 18.2 Å². The van der Waals surface area contributed by atoms with Crippen LogP contribution in [0.1, 0.15) is 11.1 Å². The van der Waals surface area contributed by atoms with Gasteiger partial charge in [0.15, 0.2) is 0 Å². The molecular formula is C15H16N2O3S. The first kappa shape index (κ1) is 15.2. The minimum Gasteiger partial charge on any atom is -0.326 e. The van der Waals surface area contributed by atoms with E-state index in [9.17, 15) is 13.2 Å². The molecule has 0 bridgehead atoms. The fourth-order valence-corrected chi connectivity index (χ4v) is 2.53. The number of aryl methyl sites for hydroxylation is 1. The van der Waals surface area contributed by atoms with Crippen molar-refractivity contribution in [1.29, 1.82) is 0 Å². The molecule has 6 heteroatoms. The summed E-state index contributed by atoms with van der Waals surface area (Å²) in [5.41, 5.74) is 2.13. The molecular weight excluding hydrogens is 288 g/mol. The molecule has 0 saturated heterocycles. The largest absolute Gasteiger partial charge is 0.326 e. The van der Waals surface area contributed by atoms with E-state index in [4.69, 9.17) is 5.14 Å². The average molecular weight is 304 g/mol. The SMILES string of the molecule is Cc1cc(S(N)(=O)=O)ccc1NC(=O)Cc1ccccc1. The molecule has 0 aliphatic rings. The van der Waals surface area contributed by atoms with Gasteiger partial charge in [0.25, 0.3) is 0 Å². The first-order valence-corrected chi connectivity index (χ1v) is 7.88. The number of benzene rings is 2. The lowest BCUT2D eigenvalue weighted by Gasteiger charge is -2.09. The molecule has 0 spiro atoms. The summed E-state index contributed by atoms with van der Waals surface area (Å²) in [5, 5.41) is 7.83. The van der Waals surface area contributed by atoms with Crippen LogP contribution in [-0.2, 0) is 21.2 Å². The Morgan fingerprint density at radius 1 is 1.14 bits per heavy atom. The molecule has 0 aliphatic carbocycles. The van der Waals surface area contributed by atoms with Crippen LogP contribution in [0.15, 0.2) is 53.4 Å². The zero-order valence-electron chi connectivity index (χ0n) is 11.5. The maximum absolute atomic E-state index is 12.0. The highest BCUT2D eigenvalue weighted by Crippen LogP contribution is 2.19. The Kier molecular flexibility index (Phi) is 4.40. The molecule has 5 nitrogen and oxygen atoms in total. The Morgan fingerprint density at radius 2 is 1.81 bits per heavy atom. The molecule has 0 aliphatic heterocycles. The van der Waals surface area contributed by atoms with E-state index in [-0.39, 0.29) is 17.2 Å². The molecule has 0 heterocycles. The Balaban J connectivity index is 2.11. The van der Waals surface area contributed by atoms with Crippen molar-refractivity contribution in [1.82, 2.24) is 0 Å². The van der Waals surface area contributed by atoms with Crippen molar-refractivity contribution in [3.63, 3.8) is 0 Å². The van der Waals surface area contributed by atoms with Crippen LogP contribution in [-0.4, -0.2) is 14.3 Å². The molecule has 2 rings (SSSR count).